The Kier molecular flexibility index (Phi) is 2.64. The molecule has 6 heteroatoms. The Balaban J connectivity index is 2.38. The molecule has 0 radical (unpaired) electrons. The number of rotatable bonds is 1. The van der Waals surface area contributed by atoms with Crippen LogP contribution >= 0.6 is 11.6 Å². The Morgan fingerprint density at radius 1 is 1.16 bits per heavy atom. The molecule has 0 aliphatic heterocycles. The molecule has 0 aliphatic carbocycles. The number of hydrogen-bond donors (Lipinski definition) is 1. The molecule has 0 fully saturated rings. The largest absolute Gasteiger partial charge is 0.309 e. The minimum Gasteiger partial charge on any atom is -0.309 e. The second kappa shape index (κ2) is 4.20. The molecule has 0 saturated carbocycles. The van der Waals surface area contributed by atoms with Crippen LogP contribution in [0, 0.1) is 13.8 Å². The van der Waals surface area contributed by atoms with Crippen LogP contribution in [-0.2, 0) is 0 Å². The minimum absolute atomic E-state index is 0.196. The number of aryl methyl sites for hydroxylation is 2. The van der Waals surface area contributed by atoms with Crippen LogP contribution in [0.3, 0.4) is 0 Å². The van der Waals surface area contributed by atoms with Gasteiger partial charge in [-0.25, -0.2) is 9.97 Å². The second-order valence-electron chi connectivity index (χ2n) is 4.29. The van der Waals surface area contributed by atoms with Crippen molar-refractivity contribution in [2.45, 2.75) is 13.8 Å². The average Bonchev–Trinajstić information content (AvgIpc) is 2.66. The van der Waals surface area contributed by atoms with Gasteiger partial charge in [0.25, 0.3) is 5.56 Å². The van der Waals surface area contributed by atoms with Crippen LogP contribution in [0.5, 0.6) is 0 Å². The van der Waals surface area contributed by atoms with Gasteiger partial charge in [0.15, 0.2) is 11.2 Å². The summed E-state index contributed by atoms with van der Waals surface area (Å²) in [6, 6.07) is 7.24. The lowest BCUT2D eigenvalue weighted by atomic mass is 10.3. The van der Waals surface area contributed by atoms with Crippen molar-refractivity contribution in [2.24, 2.45) is 0 Å². The van der Waals surface area contributed by atoms with Gasteiger partial charge < -0.3 is 4.98 Å². The Labute approximate surface area is 113 Å². The summed E-state index contributed by atoms with van der Waals surface area (Å²) in [7, 11) is 0. The number of fused-ring (bicyclic) bond motifs is 1. The van der Waals surface area contributed by atoms with E-state index in [1.807, 2.05) is 19.1 Å². The highest BCUT2D eigenvalue weighted by Gasteiger charge is 2.14. The number of halogens is 1. The molecule has 96 valence electrons. The Bertz CT molecular complexity index is 817. The van der Waals surface area contributed by atoms with Crippen LogP contribution in [0.4, 0.5) is 0 Å². The van der Waals surface area contributed by atoms with E-state index in [-0.39, 0.29) is 5.56 Å². The molecule has 19 heavy (non-hydrogen) atoms. The van der Waals surface area contributed by atoms with E-state index in [2.05, 4.69) is 15.0 Å². The quantitative estimate of drug-likeness (QED) is 0.741. The van der Waals surface area contributed by atoms with Crippen molar-refractivity contribution < 1.29 is 0 Å². The summed E-state index contributed by atoms with van der Waals surface area (Å²) in [6.07, 6.45) is 0. The fourth-order valence-electron chi connectivity index (χ4n) is 2.12. The van der Waals surface area contributed by atoms with Crippen molar-refractivity contribution >= 4 is 22.8 Å². The molecule has 0 aliphatic rings. The lowest BCUT2D eigenvalue weighted by molar-refractivity contribution is 0.991. The Hall–Kier alpha value is -2.14. The van der Waals surface area contributed by atoms with Gasteiger partial charge in [0, 0.05) is 10.7 Å². The lowest BCUT2D eigenvalue weighted by Crippen LogP contribution is -2.13. The third-order valence-electron chi connectivity index (χ3n) is 2.89. The van der Waals surface area contributed by atoms with E-state index >= 15 is 0 Å². The number of nitrogens with one attached hydrogen (secondary N) is 1. The molecule has 0 atom stereocenters. The molecule has 1 N–H and O–H groups in total. The highest BCUT2D eigenvalue weighted by Crippen LogP contribution is 2.19. The van der Waals surface area contributed by atoms with Gasteiger partial charge in [-0.1, -0.05) is 11.6 Å². The van der Waals surface area contributed by atoms with E-state index in [4.69, 9.17) is 11.6 Å². The van der Waals surface area contributed by atoms with E-state index in [0.717, 1.165) is 5.69 Å². The van der Waals surface area contributed by atoms with E-state index < -0.39 is 0 Å². The number of imidazole rings is 1. The van der Waals surface area contributed by atoms with Gasteiger partial charge in [0.1, 0.15) is 11.6 Å². The maximum Gasteiger partial charge on any atom is 0.277 e. The van der Waals surface area contributed by atoms with Crippen molar-refractivity contribution in [1.82, 2.24) is 19.5 Å². The fraction of sp³-hybridized carbons (Fsp3) is 0.154. The van der Waals surface area contributed by atoms with Crippen LogP contribution in [0.25, 0.3) is 16.9 Å². The topological polar surface area (TPSA) is 63.6 Å². The maximum atomic E-state index is 12.1. The number of aromatic amines is 1. The SMILES string of the molecule is Cc1nc2nc(C)n(-c3ccc(Cl)cc3)c2c(=O)[nH]1. The normalized spacial score (nSPS) is 11.1. The van der Waals surface area contributed by atoms with Crippen molar-refractivity contribution in [1.29, 1.82) is 0 Å². The van der Waals surface area contributed by atoms with Crippen molar-refractivity contribution in [3.05, 3.63) is 51.3 Å². The number of benzene rings is 1. The zero-order chi connectivity index (χ0) is 13.6. The summed E-state index contributed by atoms with van der Waals surface area (Å²) in [5, 5.41) is 0.647. The van der Waals surface area contributed by atoms with Crippen molar-refractivity contribution in [3.8, 4) is 5.69 Å². The van der Waals surface area contributed by atoms with Gasteiger partial charge >= 0.3 is 0 Å². The molecule has 0 bridgehead atoms. The highest BCUT2D eigenvalue weighted by atomic mass is 35.5. The summed E-state index contributed by atoms with van der Waals surface area (Å²) in [5.74, 6) is 1.26. The molecule has 2 heterocycles. The minimum atomic E-state index is -0.196. The summed E-state index contributed by atoms with van der Waals surface area (Å²) >= 11 is 5.88. The lowest BCUT2D eigenvalue weighted by Gasteiger charge is -2.06. The zero-order valence-electron chi connectivity index (χ0n) is 10.4. The Morgan fingerprint density at radius 2 is 1.84 bits per heavy atom. The number of aromatic nitrogens is 4. The molecule has 3 rings (SSSR count). The molecule has 1 aromatic carbocycles. The standard InChI is InChI=1S/C13H11ClN4O/c1-7-15-12-11(13(19)16-7)18(8(2)17-12)10-5-3-9(14)4-6-10/h3-6H,1-2H3,(H,15,16,19). The van der Waals surface area contributed by atoms with Gasteiger partial charge in [-0.3, -0.25) is 9.36 Å². The molecule has 2 aromatic heterocycles. The second-order valence-corrected chi connectivity index (χ2v) is 4.73. The zero-order valence-corrected chi connectivity index (χ0v) is 11.2. The third-order valence-corrected chi connectivity index (χ3v) is 3.15. The molecule has 0 saturated heterocycles. The molecule has 0 spiro atoms. The average molecular weight is 275 g/mol. The van der Waals surface area contributed by atoms with E-state index in [9.17, 15) is 4.79 Å². The van der Waals surface area contributed by atoms with Gasteiger partial charge in [0.05, 0.1) is 0 Å². The number of hydrogen-bond acceptors (Lipinski definition) is 3. The van der Waals surface area contributed by atoms with Gasteiger partial charge in [-0.05, 0) is 38.1 Å². The van der Waals surface area contributed by atoms with Crippen molar-refractivity contribution in [2.75, 3.05) is 0 Å². The number of nitrogens with zero attached hydrogens (tertiary/aromatic N) is 3. The summed E-state index contributed by atoms with van der Waals surface area (Å²) in [4.78, 5) is 23.4. The Morgan fingerprint density at radius 3 is 2.53 bits per heavy atom. The predicted molar refractivity (Wildman–Crippen MR) is 74.0 cm³/mol. The van der Waals surface area contributed by atoms with E-state index in [1.54, 1.807) is 23.6 Å². The summed E-state index contributed by atoms with van der Waals surface area (Å²) in [5.41, 5.74) is 1.54. The maximum absolute atomic E-state index is 12.1. The van der Waals surface area contributed by atoms with Crippen LogP contribution in [0.2, 0.25) is 5.02 Å². The first kappa shape index (κ1) is 11.9. The molecular formula is C13H11ClN4O. The van der Waals surface area contributed by atoms with Gasteiger partial charge in [-0.15, -0.1) is 0 Å². The van der Waals surface area contributed by atoms with Crippen molar-refractivity contribution in [3.63, 3.8) is 0 Å². The van der Waals surface area contributed by atoms with E-state index in [0.29, 0.717) is 27.8 Å². The van der Waals surface area contributed by atoms with Crippen LogP contribution < -0.4 is 5.56 Å². The van der Waals surface area contributed by atoms with Crippen LogP contribution in [0.15, 0.2) is 29.1 Å². The predicted octanol–water partition coefficient (Wildman–Crippen LogP) is 2.38. The monoisotopic (exact) mass is 274 g/mol. The third kappa shape index (κ3) is 1.92. The first-order valence-electron chi connectivity index (χ1n) is 5.78. The molecule has 5 nitrogen and oxygen atoms in total. The molecule has 0 amide bonds. The van der Waals surface area contributed by atoms with Gasteiger partial charge in [-0.2, -0.15) is 0 Å². The van der Waals surface area contributed by atoms with Crippen LogP contribution in [0.1, 0.15) is 11.6 Å². The fourth-order valence-corrected chi connectivity index (χ4v) is 2.24. The first-order valence-corrected chi connectivity index (χ1v) is 6.16. The number of H-pyrrole nitrogens is 1. The van der Waals surface area contributed by atoms with E-state index in [1.165, 1.54) is 0 Å². The highest BCUT2D eigenvalue weighted by molar-refractivity contribution is 6.30. The first-order chi connectivity index (χ1) is 9.06. The molecule has 0 unspecified atom stereocenters. The van der Waals surface area contributed by atoms with Gasteiger partial charge in [0.2, 0.25) is 0 Å². The van der Waals surface area contributed by atoms with Crippen LogP contribution in [-0.4, -0.2) is 19.5 Å². The summed E-state index contributed by atoms with van der Waals surface area (Å²) in [6.45, 7) is 3.57. The molecular weight excluding hydrogens is 264 g/mol. The smallest absolute Gasteiger partial charge is 0.277 e. The summed E-state index contributed by atoms with van der Waals surface area (Å²) < 4.78 is 1.77. The molecule has 3 aromatic rings.